The lowest BCUT2D eigenvalue weighted by atomic mass is 10.1. The molecule has 0 saturated carbocycles. The van der Waals surface area contributed by atoms with Crippen molar-refractivity contribution in [1.29, 1.82) is 0 Å². The van der Waals surface area contributed by atoms with Crippen molar-refractivity contribution in [2.75, 3.05) is 6.54 Å². The van der Waals surface area contributed by atoms with E-state index in [1.165, 1.54) is 0 Å². The van der Waals surface area contributed by atoms with Gasteiger partial charge in [-0.2, -0.15) is 5.10 Å². The number of carbonyl (C=O) groups is 1. The van der Waals surface area contributed by atoms with Crippen molar-refractivity contribution in [2.45, 2.75) is 20.1 Å². The smallest absolute Gasteiger partial charge is 0.251 e. The van der Waals surface area contributed by atoms with Gasteiger partial charge in [-0.25, -0.2) is 0 Å². The standard InChI is InChI=1S/C20H19Cl2N3O2/c1-14-2-7-18(22)19(10-14)27-13-15-3-5-16(6-4-15)20(26)23-8-9-25-12-17(21)11-24-25/h2-7,10-12H,8-9,13H2,1H3,(H,23,26). The van der Waals surface area contributed by atoms with Gasteiger partial charge in [-0.15, -0.1) is 0 Å². The average Bonchev–Trinajstić information content (AvgIpc) is 3.08. The number of hydrogen-bond acceptors (Lipinski definition) is 3. The fraction of sp³-hybridized carbons (Fsp3) is 0.200. The quantitative estimate of drug-likeness (QED) is 0.631. The lowest BCUT2D eigenvalue weighted by Crippen LogP contribution is -2.27. The molecule has 1 N–H and O–H groups in total. The molecule has 0 unspecified atom stereocenters. The number of carbonyl (C=O) groups excluding carboxylic acids is 1. The summed E-state index contributed by atoms with van der Waals surface area (Å²) in [5.74, 6) is 0.514. The van der Waals surface area contributed by atoms with E-state index in [2.05, 4.69) is 10.4 Å². The molecule has 0 bridgehead atoms. The summed E-state index contributed by atoms with van der Waals surface area (Å²) >= 11 is 11.9. The molecule has 0 aliphatic carbocycles. The Kier molecular flexibility index (Phi) is 6.37. The van der Waals surface area contributed by atoms with Crippen molar-refractivity contribution in [1.82, 2.24) is 15.1 Å². The molecule has 140 valence electrons. The van der Waals surface area contributed by atoms with Crippen molar-refractivity contribution in [2.24, 2.45) is 0 Å². The first-order valence-corrected chi connectivity index (χ1v) is 9.21. The van der Waals surface area contributed by atoms with Crippen LogP contribution in [0.4, 0.5) is 0 Å². The van der Waals surface area contributed by atoms with E-state index in [-0.39, 0.29) is 5.91 Å². The van der Waals surface area contributed by atoms with Crippen LogP contribution in [0.5, 0.6) is 5.75 Å². The van der Waals surface area contributed by atoms with Crippen LogP contribution in [0.3, 0.4) is 0 Å². The first-order valence-electron chi connectivity index (χ1n) is 8.45. The van der Waals surface area contributed by atoms with Crippen LogP contribution in [0.1, 0.15) is 21.5 Å². The first-order chi connectivity index (χ1) is 13.0. The fourth-order valence-corrected chi connectivity index (χ4v) is 2.81. The number of amides is 1. The summed E-state index contributed by atoms with van der Waals surface area (Å²) in [4.78, 5) is 12.2. The number of hydrogen-bond donors (Lipinski definition) is 1. The summed E-state index contributed by atoms with van der Waals surface area (Å²) < 4.78 is 7.45. The molecular formula is C20H19Cl2N3O2. The molecule has 0 spiro atoms. The number of benzene rings is 2. The minimum atomic E-state index is -0.137. The molecule has 1 heterocycles. The lowest BCUT2D eigenvalue weighted by Gasteiger charge is -2.10. The van der Waals surface area contributed by atoms with E-state index in [1.807, 2.05) is 37.3 Å². The van der Waals surface area contributed by atoms with Gasteiger partial charge in [-0.3, -0.25) is 9.48 Å². The second-order valence-electron chi connectivity index (χ2n) is 6.10. The maximum atomic E-state index is 12.2. The van der Waals surface area contributed by atoms with Gasteiger partial charge in [-0.1, -0.05) is 41.4 Å². The summed E-state index contributed by atoms with van der Waals surface area (Å²) in [6, 6.07) is 12.9. The molecule has 0 fully saturated rings. The summed E-state index contributed by atoms with van der Waals surface area (Å²) in [5.41, 5.74) is 2.62. The zero-order chi connectivity index (χ0) is 19.2. The van der Waals surface area contributed by atoms with Gasteiger partial charge in [0.2, 0.25) is 0 Å². The van der Waals surface area contributed by atoms with Crippen molar-refractivity contribution < 1.29 is 9.53 Å². The topological polar surface area (TPSA) is 56.1 Å². The summed E-state index contributed by atoms with van der Waals surface area (Å²) in [6.07, 6.45) is 3.27. The molecule has 1 aromatic heterocycles. The van der Waals surface area contributed by atoms with Gasteiger partial charge in [0.25, 0.3) is 5.91 Å². The predicted molar refractivity (Wildman–Crippen MR) is 107 cm³/mol. The highest BCUT2D eigenvalue weighted by Crippen LogP contribution is 2.26. The Morgan fingerprint density at radius 2 is 1.96 bits per heavy atom. The number of aromatic nitrogens is 2. The fourth-order valence-electron chi connectivity index (χ4n) is 2.48. The maximum Gasteiger partial charge on any atom is 0.251 e. The molecule has 0 atom stereocenters. The molecular weight excluding hydrogens is 385 g/mol. The van der Waals surface area contributed by atoms with Crippen LogP contribution in [-0.2, 0) is 13.2 Å². The van der Waals surface area contributed by atoms with Crippen LogP contribution in [-0.4, -0.2) is 22.2 Å². The molecule has 7 heteroatoms. The van der Waals surface area contributed by atoms with E-state index in [0.29, 0.717) is 41.1 Å². The number of aryl methyl sites for hydroxylation is 1. The Labute approximate surface area is 167 Å². The summed E-state index contributed by atoms with van der Waals surface area (Å²) in [5, 5.41) is 8.07. The Morgan fingerprint density at radius 1 is 1.19 bits per heavy atom. The van der Waals surface area contributed by atoms with E-state index in [4.69, 9.17) is 27.9 Å². The minimum absolute atomic E-state index is 0.137. The molecule has 3 rings (SSSR count). The van der Waals surface area contributed by atoms with E-state index in [1.54, 1.807) is 29.2 Å². The largest absolute Gasteiger partial charge is 0.487 e. The van der Waals surface area contributed by atoms with Gasteiger partial charge in [-0.05, 0) is 42.3 Å². The molecule has 0 aliphatic rings. The second kappa shape index (κ2) is 8.93. The summed E-state index contributed by atoms with van der Waals surface area (Å²) in [7, 11) is 0. The Balaban J connectivity index is 1.50. The Morgan fingerprint density at radius 3 is 2.67 bits per heavy atom. The number of halogens is 2. The van der Waals surface area contributed by atoms with E-state index < -0.39 is 0 Å². The number of nitrogens with one attached hydrogen (secondary N) is 1. The van der Waals surface area contributed by atoms with Crippen LogP contribution >= 0.6 is 23.2 Å². The van der Waals surface area contributed by atoms with E-state index >= 15 is 0 Å². The monoisotopic (exact) mass is 403 g/mol. The summed E-state index contributed by atoms with van der Waals surface area (Å²) in [6.45, 7) is 3.39. The third-order valence-corrected chi connectivity index (χ3v) is 4.43. The van der Waals surface area contributed by atoms with Crippen LogP contribution in [0.25, 0.3) is 0 Å². The second-order valence-corrected chi connectivity index (χ2v) is 6.94. The third kappa shape index (κ3) is 5.49. The van der Waals surface area contributed by atoms with Gasteiger partial charge in [0, 0.05) is 18.3 Å². The average molecular weight is 404 g/mol. The molecule has 2 aromatic carbocycles. The molecule has 0 aliphatic heterocycles. The van der Waals surface area contributed by atoms with Crippen LogP contribution in [0.2, 0.25) is 10.0 Å². The first kappa shape index (κ1) is 19.3. The van der Waals surface area contributed by atoms with Gasteiger partial charge >= 0.3 is 0 Å². The Bertz CT molecular complexity index is 923. The van der Waals surface area contributed by atoms with E-state index in [0.717, 1.165) is 11.1 Å². The van der Waals surface area contributed by atoms with Crippen LogP contribution in [0, 0.1) is 6.92 Å². The highest BCUT2D eigenvalue weighted by Gasteiger charge is 2.07. The van der Waals surface area contributed by atoms with Crippen molar-refractivity contribution in [3.8, 4) is 5.75 Å². The van der Waals surface area contributed by atoms with Crippen molar-refractivity contribution >= 4 is 29.1 Å². The predicted octanol–water partition coefficient (Wildman–Crippen LogP) is 4.51. The highest BCUT2D eigenvalue weighted by atomic mass is 35.5. The third-order valence-electron chi connectivity index (χ3n) is 3.93. The number of rotatable bonds is 7. The van der Waals surface area contributed by atoms with Crippen molar-refractivity contribution in [3.05, 3.63) is 81.6 Å². The molecule has 27 heavy (non-hydrogen) atoms. The molecule has 5 nitrogen and oxygen atoms in total. The zero-order valence-electron chi connectivity index (χ0n) is 14.8. The molecule has 0 saturated heterocycles. The van der Waals surface area contributed by atoms with Gasteiger partial charge in [0.05, 0.1) is 22.8 Å². The molecule has 0 radical (unpaired) electrons. The van der Waals surface area contributed by atoms with Gasteiger partial charge in [0.1, 0.15) is 12.4 Å². The van der Waals surface area contributed by atoms with Gasteiger partial charge < -0.3 is 10.1 Å². The molecule has 3 aromatic rings. The van der Waals surface area contributed by atoms with E-state index in [9.17, 15) is 4.79 Å². The Hall–Kier alpha value is -2.50. The maximum absolute atomic E-state index is 12.2. The SMILES string of the molecule is Cc1ccc(Cl)c(OCc2ccc(C(=O)NCCn3cc(Cl)cn3)cc2)c1. The van der Waals surface area contributed by atoms with Crippen LogP contribution < -0.4 is 10.1 Å². The van der Waals surface area contributed by atoms with Gasteiger partial charge in [0.15, 0.2) is 0 Å². The normalized spacial score (nSPS) is 10.6. The number of nitrogens with zero attached hydrogens (tertiary/aromatic N) is 2. The number of ether oxygens (including phenoxy) is 1. The minimum Gasteiger partial charge on any atom is -0.487 e. The van der Waals surface area contributed by atoms with Crippen molar-refractivity contribution in [3.63, 3.8) is 0 Å². The zero-order valence-corrected chi connectivity index (χ0v) is 16.3. The molecule has 1 amide bonds. The lowest BCUT2D eigenvalue weighted by molar-refractivity contribution is 0.0952. The van der Waals surface area contributed by atoms with Crippen LogP contribution in [0.15, 0.2) is 54.9 Å². The highest BCUT2D eigenvalue weighted by molar-refractivity contribution is 6.32.